The van der Waals surface area contributed by atoms with E-state index in [2.05, 4.69) is 20.1 Å². The average molecular weight is 299 g/mol. The van der Waals surface area contributed by atoms with Gasteiger partial charge >= 0.3 is 0 Å². The summed E-state index contributed by atoms with van der Waals surface area (Å²) in [5, 5.41) is 11.2. The molecule has 2 heterocycles. The number of carbonyl (C=O) groups excluding carboxylic acids is 1. The number of benzene rings is 1. The Balaban J connectivity index is 1.55. The summed E-state index contributed by atoms with van der Waals surface area (Å²) >= 11 is 0. The first kappa shape index (κ1) is 14.6. The second-order valence-electron chi connectivity index (χ2n) is 6.00. The molecule has 0 bridgehead atoms. The maximum Gasteiger partial charge on any atom is 0.251 e. The van der Waals surface area contributed by atoms with E-state index in [-0.39, 0.29) is 5.91 Å². The molecule has 1 aliphatic heterocycles. The molecule has 0 fully saturated rings. The van der Waals surface area contributed by atoms with Crippen molar-refractivity contribution in [2.24, 2.45) is 5.92 Å². The van der Waals surface area contributed by atoms with Gasteiger partial charge in [0.05, 0.1) is 0 Å². The highest BCUT2D eigenvalue weighted by molar-refractivity contribution is 5.94. The van der Waals surface area contributed by atoms with Gasteiger partial charge in [-0.05, 0) is 31.2 Å². The minimum absolute atomic E-state index is 0.0234. The van der Waals surface area contributed by atoms with Gasteiger partial charge in [-0.25, -0.2) is 0 Å². The van der Waals surface area contributed by atoms with Crippen LogP contribution in [0.25, 0.3) is 0 Å². The molecule has 1 aromatic heterocycles. The van der Waals surface area contributed by atoms with Crippen LogP contribution in [0.2, 0.25) is 0 Å². The minimum atomic E-state index is -0.0234. The first-order valence-corrected chi connectivity index (χ1v) is 7.49. The summed E-state index contributed by atoms with van der Waals surface area (Å²) in [6, 6.07) is 7.63. The number of carbonyl (C=O) groups is 1. The van der Waals surface area contributed by atoms with Crippen molar-refractivity contribution >= 4 is 11.6 Å². The van der Waals surface area contributed by atoms with Crippen LogP contribution in [0, 0.1) is 12.8 Å². The third-order valence-electron chi connectivity index (χ3n) is 4.12. The second-order valence-corrected chi connectivity index (χ2v) is 6.00. The van der Waals surface area contributed by atoms with Crippen molar-refractivity contribution in [3.8, 4) is 0 Å². The Labute approximate surface area is 130 Å². The Bertz CT molecular complexity index is 674. The number of aryl methyl sites for hydroxylation is 1. The smallest absolute Gasteiger partial charge is 0.251 e. The van der Waals surface area contributed by atoms with Crippen molar-refractivity contribution in [1.29, 1.82) is 0 Å². The maximum absolute atomic E-state index is 12.2. The van der Waals surface area contributed by atoms with Crippen LogP contribution in [0.1, 0.15) is 22.0 Å². The summed E-state index contributed by atoms with van der Waals surface area (Å²) in [7, 11) is 3.96. The maximum atomic E-state index is 12.2. The lowest BCUT2D eigenvalue weighted by Gasteiger charge is -2.13. The van der Waals surface area contributed by atoms with Crippen LogP contribution >= 0.6 is 0 Å². The van der Waals surface area contributed by atoms with Gasteiger partial charge < -0.3 is 14.8 Å². The van der Waals surface area contributed by atoms with Crippen LogP contribution < -0.4 is 10.2 Å². The van der Waals surface area contributed by atoms with E-state index in [0.29, 0.717) is 18.0 Å². The zero-order valence-electron chi connectivity index (χ0n) is 13.2. The quantitative estimate of drug-likeness (QED) is 0.923. The van der Waals surface area contributed by atoms with Crippen LogP contribution in [0.15, 0.2) is 24.3 Å². The lowest BCUT2D eigenvalue weighted by atomic mass is 10.1. The molecule has 1 N–H and O–H groups in total. The molecule has 0 spiro atoms. The number of rotatable bonds is 4. The molecule has 3 rings (SSSR count). The van der Waals surface area contributed by atoms with Crippen molar-refractivity contribution in [3.05, 3.63) is 41.5 Å². The van der Waals surface area contributed by atoms with E-state index in [1.807, 2.05) is 50.2 Å². The summed E-state index contributed by atoms with van der Waals surface area (Å²) in [6.07, 6.45) is 0.876. The minimum Gasteiger partial charge on any atom is -0.378 e. The first-order chi connectivity index (χ1) is 10.5. The summed E-state index contributed by atoms with van der Waals surface area (Å²) in [5.74, 6) is 2.34. The van der Waals surface area contributed by atoms with Gasteiger partial charge in [-0.1, -0.05) is 0 Å². The van der Waals surface area contributed by atoms with E-state index in [1.54, 1.807) is 0 Å². The molecule has 6 heteroatoms. The zero-order valence-corrected chi connectivity index (χ0v) is 13.2. The molecule has 1 amide bonds. The number of amides is 1. The fraction of sp³-hybridized carbons (Fsp3) is 0.438. The largest absolute Gasteiger partial charge is 0.378 e. The topological polar surface area (TPSA) is 63.1 Å². The molecule has 1 atom stereocenters. The first-order valence-electron chi connectivity index (χ1n) is 7.49. The number of fused-ring (bicyclic) bond motifs is 1. The van der Waals surface area contributed by atoms with Crippen molar-refractivity contribution in [3.63, 3.8) is 0 Å². The Morgan fingerprint density at radius 2 is 2.05 bits per heavy atom. The summed E-state index contributed by atoms with van der Waals surface area (Å²) < 4.78 is 2.13. The van der Waals surface area contributed by atoms with Crippen molar-refractivity contribution in [1.82, 2.24) is 20.1 Å². The van der Waals surface area contributed by atoms with E-state index < -0.39 is 0 Å². The van der Waals surface area contributed by atoms with E-state index in [9.17, 15) is 4.79 Å². The van der Waals surface area contributed by atoms with Gasteiger partial charge in [0.25, 0.3) is 5.91 Å². The lowest BCUT2D eigenvalue weighted by molar-refractivity contribution is 0.0947. The number of nitrogens with zero attached hydrogens (tertiary/aromatic N) is 4. The third kappa shape index (κ3) is 2.81. The van der Waals surface area contributed by atoms with E-state index in [4.69, 9.17) is 0 Å². The molecule has 1 aromatic carbocycles. The van der Waals surface area contributed by atoms with Crippen LogP contribution in [0.4, 0.5) is 5.69 Å². The van der Waals surface area contributed by atoms with Crippen LogP contribution in [0.3, 0.4) is 0 Å². The molecule has 2 aromatic rings. The number of hydrogen-bond acceptors (Lipinski definition) is 4. The molecule has 0 saturated carbocycles. The zero-order chi connectivity index (χ0) is 15.7. The van der Waals surface area contributed by atoms with Gasteiger partial charge in [0, 0.05) is 50.8 Å². The van der Waals surface area contributed by atoms with Gasteiger partial charge in [0.1, 0.15) is 11.6 Å². The fourth-order valence-electron chi connectivity index (χ4n) is 2.78. The van der Waals surface area contributed by atoms with Gasteiger partial charge in [0.15, 0.2) is 0 Å². The highest BCUT2D eigenvalue weighted by Gasteiger charge is 2.25. The number of aromatic nitrogens is 3. The van der Waals surface area contributed by atoms with Crippen molar-refractivity contribution in [2.45, 2.75) is 19.9 Å². The molecule has 6 nitrogen and oxygen atoms in total. The number of anilines is 1. The normalized spacial score (nSPS) is 16.4. The Morgan fingerprint density at radius 3 is 2.68 bits per heavy atom. The summed E-state index contributed by atoms with van der Waals surface area (Å²) in [5.41, 5.74) is 1.78. The van der Waals surface area contributed by atoms with E-state index in [0.717, 1.165) is 30.3 Å². The average Bonchev–Trinajstić information content (AvgIpc) is 3.07. The van der Waals surface area contributed by atoms with Gasteiger partial charge in [-0.15, -0.1) is 10.2 Å². The van der Waals surface area contributed by atoms with E-state index >= 15 is 0 Å². The Hall–Kier alpha value is -2.37. The van der Waals surface area contributed by atoms with Gasteiger partial charge in [0.2, 0.25) is 0 Å². The van der Waals surface area contributed by atoms with Crippen LogP contribution in [-0.4, -0.2) is 41.3 Å². The van der Waals surface area contributed by atoms with Crippen LogP contribution in [-0.2, 0) is 13.0 Å². The SMILES string of the molecule is Cc1nnc2n1CC(CNC(=O)c1ccc(N(C)C)cc1)C2. The second kappa shape index (κ2) is 5.79. The number of hydrogen-bond donors (Lipinski definition) is 1. The lowest BCUT2D eigenvalue weighted by Crippen LogP contribution is -2.30. The van der Waals surface area contributed by atoms with Gasteiger partial charge in [-0.2, -0.15) is 0 Å². The monoisotopic (exact) mass is 299 g/mol. The molecule has 0 saturated heterocycles. The summed E-state index contributed by atoms with van der Waals surface area (Å²) in [6.45, 7) is 3.51. The predicted octanol–water partition coefficient (Wildman–Crippen LogP) is 1.25. The van der Waals surface area contributed by atoms with Crippen molar-refractivity contribution in [2.75, 3.05) is 25.5 Å². The summed E-state index contributed by atoms with van der Waals surface area (Å²) in [4.78, 5) is 14.2. The highest BCUT2D eigenvalue weighted by atomic mass is 16.1. The van der Waals surface area contributed by atoms with Crippen molar-refractivity contribution < 1.29 is 4.79 Å². The molecule has 1 unspecified atom stereocenters. The molecule has 1 aliphatic rings. The van der Waals surface area contributed by atoms with E-state index in [1.165, 1.54) is 0 Å². The highest BCUT2D eigenvalue weighted by Crippen LogP contribution is 2.19. The standard InChI is InChI=1S/C16H21N5O/c1-11-18-19-15-8-12(10-21(11)15)9-17-16(22)13-4-6-14(7-5-13)20(2)3/h4-7,12H,8-10H2,1-3H3,(H,17,22). The molecule has 0 radical (unpaired) electrons. The van der Waals surface area contributed by atoms with Gasteiger partial charge in [-0.3, -0.25) is 4.79 Å². The molecule has 0 aliphatic carbocycles. The Kier molecular flexibility index (Phi) is 3.83. The molecule has 116 valence electrons. The molecule has 22 heavy (non-hydrogen) atoms. The molecular weight excluding hydrogens is 278 g/mol. The molecular formula is C16H21N5O. The fourth-order valence-corrected chi connectivity index (χ4v) is 2.78. The number of nitrogens with one attached hydrogen (secondary N) is 1. The Morgan fingerprint density at radius 1 is 1.32 bits per heavy atom. The predicted molar refractivity (Wildman–Crippen MR) is 85.1 cm³/mol. The van der Waals surface area contributed by atoms with Crippen LogP contribution in [0.5, 0.6) is 0 Å². The third-order valence-corrected chi connectivity index (χ3v) is 4.12.